The molecule has 4 nitrogen and oxygen atoms in total. The van der Waals surface area contributed by atoms with Crippen molar-refractivity contribution in [3.63, 3.8) is 0 Å². The Morgan fingerprint density at radius 2 is 2.05 bits per heavy atom. The van der Waals surface area contributed by atoms with E-state index in [0.717, 1.165) is 24.3 Å². The molecular formula is C14H25NO3S. The van der Waals surface area contributed by atoms with Gasteiger partial charge in [0.1, 0.15) is 0 Å². The van der Waals surface area contributed by atoms with Crippen LogP contribution < -0.4 is 5.32 Å². The lowest BCUT2D eigenvalue weighted by atomic mass is 9.66. The third-order valence-corrected chi connectivity index (χ3v) is 4.98. The highest BCUT2D eigenvalue weighted by Crippen LogP contribution is 2.44. The largest absolute Gasteiger partial charge is 0.481 e. The van der Waals surface area contributed by atoms with Crippen molar-refractivity contribution >= 4 is 23.6 Å². The number of amides is 1. The molecule has 0 bridgehead atoms. The fourth-order valence-corrected chi connectivity index (χ4v) is 3.15. The van der Waals surface area contributed by atoms with Gasteiger partial charge in [-0.25, -0.2) is 0 Å². The second-order valence-corrected chi connectivity index (χ2v) is 6.94. The number of carboxylic acids is 1. The second-order valence-electron chi connectivity index (χ2n) is 5.79. The predicted molar refractivity (Wildman–Crippen MR) is 78.3 cm³/mol. The maximum Gasteiger partial charge on any atom is 0.310 e. The van der Waals surface area contributed by atoms with Gasteiger partial charge in [0.05, 0.1) is 5.41 Å². The molecule has 0 radical (unpaired) electrons. The third kappa shape index (κ3) is 5.43. The highest BCUT2D eigenvalue weighted by Gasteiger charge is 2.45. The van der Waals surface area contributed by atoms with Gasteiger partial charge in [0, 0.05) is 13.0 Å². The molecule has 1 fully saturated rings. The first-order valence-corrected chi connectivity index (χ1v) is 8.19. The fourth-order valence-electron chi connectivity index (χ4n) is 2.16. The Balaban J connectivity index is 2.10. The van der Waals surface area contributed by atoms with Gasteiger partial charge in [0.25, 0.3) is 0 Å². The quantitative estimate of drug-likeness (QED) is 0.640. The molecule has 1 saturated carbocycles. The van der Waals surface area contributed by atoms with Crippen LogP contribution in [0, 0.1) is 11.3 Å². The average molecular weight is 287 g/mol. The topological polar surface area (TPSA) is 66.4 Å². The third-order valence-electron chi connectivity index (χ3n) is 3.50. The summed E-state index contributed by atoms with van der Waals surface area (Å²) in [5.74, 6) is 1.96. The lowest BCUT2D eigenvalue weighted by Gasteiger charge is -2.36. The molecule has 0 aromatic rings. The fraction of sp³-hybridized carbons (Fsp3) is 0.857. The van der Waals surface area contributed by atoms with Crippen molar-refractivity contribution in [3.8, 4) is 0 Å². The Morgan fingerprint density at radius 1 is 1.37 bits per heavy atom. The highest BCUT2D eigenvalue weighted by atomic mass is 32.2. The van der Waals surface area contributed by atoms with Crippen LogP contribution in [0.1, 0.15) is 46.0 Å². The molecule has 2 N–H and O–H groups in total. The van der Waals surface area contributed by atoms with E-state index in [4.69, 9.17) is 5.11 Å². The summed E-state index contributed by atoms with van der Waals surface area (Å²) in [6.07, 6.45) is 3.29. The number of hydrogen-bond donors (Lipinski definition) is 2. The van der Waals surface area contributed by atoms with Crippen LogP contribution in [0.2, 0.25) is 0 Å². The molecular weight excluding hydrogens is 262 g/mol. The molecule has 1 aliphatic carbocycles. The number of carbonyl (C=O) groups excluding carboxylic acids is 1. The predicted octanol–water partition coefficient (Wildman–Crippen LogP) is 2.53. The highest BCUT2D eigenvalue weighted by molar-refractivity contribution is 7.99. The van der Waals surface area contributed by atoms with Crippen LogP contribution >= 0.6 is 11.8 Å². The smallest absolute Gasteiger partial charge is 0.310 e. The molecule has 0 spiro atoms. The van der Waals surface area contributed by atoms with Crippen LogP contribution in [0.4, 0.5) is 0 Å². The van der Waals surface area contributed by atoms with Crippen LogP contribution in [0.15, 0.2) is 0 Å². The molecule has 5 heteroatoms. The molecule has 0 saturated heterocycles. The van der Waals surface area contributed by atoms with E-state index >= 15 is 0 Å². The maximum absolute atomic E-state index is 11.7. The molecule has 0 aromatic heterocycles. The van der Waals surface area contributed by atoms with Gasteiger partial charge < -0.3 is 10.4 Å². The van der Waals surface area contributed by atoms with E-state index in [2.05, 4.69) is 19.2 Å². The normalized spacial score (nSPS) is 17.0. The zero-order valence-corrected chi connectivity index (χ0v) is 12.7. The molecule has 0 aromatic carbocycles. The Morgan fingerprint density at radius 3 is 2.53 bits per heavy atom. The monoisotopic (exact) mass is 287 g/mol. The van der Waals surface area contributed by atoms with Crippen molar-refractivity contribution in [2.45, 2.75) is 46.0 Å². The summed E-state index contributed by atoms with van der Waals surface area (Å²) in [5.41, 5.74) is -0.767. The van der Waals surface area contributed by atoms with E-state index in [-0.39, 0.29) is 12.3 Å². The number of hydrogen-bond acceptors (Lipinski definition) is 3. The summed E-state index contributed by atoms with van der Waals surface area (Å²) in [6, 6.07) is 0. The van der Waals surface area contributed by atoms with Crippen molar-refractivity contribution in [2.24, 2.45) is 11.3 Å². The Kier molecular flexibility index (Phi) is 6.69. The number of aliphatic carboxylic acids is 1. The molecule has 0 heterocycles. The van der Waals surface area contributed by atoms with Crippen LogP contribution in [-0.4, -0.2) is 35.0 Å². The van der Waals surface area contributed by atoms with Gasteiger partial charge in [-0.05, 0) is 36.7 Å². The first kappa shape index (κ1) is 16.3. The Hall–Kier alpha value is -0.710. The van der Waals surface area contributed by atoms with E-state index in [1.807, 2.05) is 11.8 Å². The minimum absolute atomic E-state index is 0.115. The molecule has 0 unspecified atom stereocenters. The molecule has 0 atom stereocenters. The van der Waals surface area contributed by atoms with E-state index in [1.165, 1.54) is 0 Å². The SMILES string of the molecule is CC(C)CSCCCNC(=O)CC1(C(=O)O)CCC1. The number of carboxylic acid groups (broad SMARTS) is 1. The van der Waals surface area contributed by atoms with Crippen molar-refractivity contribution < 1.29 is 14.7 Å². The van der Waals surface area contributed by atoms with Gasteiger partial charge >= 0.3 is 5.97 Å². The Bertz CT molecular complexity index is 314. The summed E-state index contributed by atoms with van der Waals surface area (Å²) in [4.78, 5) is 22.9. The van der Waals surface area contributed by atoms with Gasteiger partial charge in [0.2, 0.25) is 5.91 Å². The molecule has 1 rings (SSSR count). The van der Waals surface area contributed by atoms with E-state index < -0.39 is 11.4 Å². The van der Waals surface area contributed by atoms with Crippen LogP contribution in [-0.2, 0) is 9.59 Å². The maximum atomic E-state index is 11.7. The molecule has 19 heavy (non-hydrogen) atoms. The van der Waals surface area contributed by atoms with Gasteiger partial charge in [-0.15, -0.1) is 0 Å². The average Bonchev–Trinajstić information content (AvgIpc) is 2.27. The van der Waals surface area contributed by atoms with Crippen molar-refractivity contribution in [3.05, 3.63) is 0 Å². The number of rotatable bonds is 9. The van der Waals surface area contributed by atoms with Gasteiger partial charge in [0.15, 0.2) is 0 Å². The lowest BCUT2D eigenvalue weighted by molar-refractivity contribution is -0.157. The Labute approximate surface area is 119 Å². The first-order chi connectivity index (χ1) is 8.96. The summed E-state index contributed by atoms with van der Waals surface area (Å²) in [7, 11) is 0. The minimum Gasteiger partial charge on any atom is -0.481 e. The van der Waals surface area contributed by atoms with Gasteiger partial charge in [-0.2, -0.15) is 11.8 Å². The lowest BCUT2D eigenvalue weighted by Crippen LogP contribution is -2.42. The number of nitrogens with one attached hydrogen (secondary N) is 1. The number of carbonyl (C=O) groups is 2. The number of thioether (sulfide) groups is 1. The van der Waals surface area contributed by atoms with E-state index in [0.29, 0.717) is 25.3 Å². The van der Waals surface area contributed by atoms with E-state index in [1.54, 1.807) is 0 Å². The summed E-state index contributed by atoms with van der Waals surface area (Å²) >= 11 is 1.90. The van der Waals surface area contributed by atoms with Gasteiger partial charge in [-0.1, -0.05) is 20.3 Å². The van der Waals surface area contributed by atoms with Gasteiger partial charge in [-0.3, -0.25) is 9.59 Å². The minimum atomic E-state index is -0.818. The van der Waals surface area contributed by atoms with Crippen molar-refractivity contribution in [1.29, 1.82) is 0 Å². The summed E-state index contributed by atoms with van der Waals surface area (Å²) < 4.78 is 0. The second kappa shape index (κ2) is 7.78. The molecule has 110 valence electrons. The summed E-state index contributed by atoms with van der Waals surface area (Å²) in [6.45, 7) is 5.04. The molecule has 1 amide bonds. The van der Waals surface area contributed by atoms with Crippen LogP contribution in [0.5, 0.6) is 0 Å². The molecule has 0 aliphatic heterocycles. The standard InChI is InChI=1S/C14H25NO3S/c1-11(2)10-19-8-4-7-15-12(16)9-14(13(17)18)5-3-6-14/h11H,3-10H2,1-2H3,(H,15,16)(H,17,18). The zero-order chi connectivity index (χ0) is 14.3. The van der Waals surface area contributed by atoms with Crippen LogP contribution in [0.25, 0.3) is 0 Å². The van der Waals surface area contributed by atoms with Crippen LogP contribution in [0.3, 0.4) is 0 Å². The van der Waals surface area contributed by atoms with Crippen molar-refractivity contribution in [2.75, 3.05) is 18.1 Å². The summed E-state index contributed by atoms with van der Waals surface area (Å²) in [5, 5.41) is 12.0. The zero-order valence-electron chi connectivity index (χ0n) is 11.9. The molecule has 1 aliphatic rings. The first-order valence-electron chi connectivity index (χ1n) is 7.04. The van der Waals surface area contributed by atoms with E-state index in [9.17, 15) is 9.59 Å². The van der Waals surface area contributed by atoms with Crippen molar-refractivity contribution in [1.82, 2.24) is 5.32 Å².